The predicted molar refractivity (Wildman–Crippen MR) is 82.5 cm³/mol. The molecule has 1 heterocycles. The minimum atomic E-state index is 0.962. The number of thioether (sulfide) groups is 1. The zero-order valence-electron chi connectivity index (χ0n) is 10.8. The first-order valence-electron chi connectivity index (χ1n) is 6.35. The molecule has 0 aliphatic heterocycles. The summed E-state index contributed by atoms with van der Waals surface area (Å²) in [5.41, 5.74) is 2.76. The van der Waals surface area contributed by atoms with E-state index in [4.69, 9.17) is 0 Å². The molecule has 0 spiro atoms. The van der Waals surface area contributed by atoms with Gasteiger partial charge in [-0.25, -0.2) is 4.98 Å². The lowest BCUT2D eigenvalue weighted by atomic mass is 10.0. The Labute approximate surface area is 117 Å². The van der Waals surface area contributed by atoms with Gasteiger partial charge in [-0.3, -0.25) is 0 Å². The summed E-state index contributed by atoms with van der Waals surface area (Å²) in [5, 5.41) is 3.74. The van der Waals surface area contributed by atoms with Gasteiger partial charge in [-0.1, -0.05) is 42.5 Å². The average Bonchev–Trinajstić information content (AvgIpc) is 2.47. The van der Waals surface area contributed by atoms with E-state index in [1.807, 2.05) is 18.3 Å². The van der Waals surface area contributed by atoms with Gasteiger partial charge in [0, 0.05) is 11.9 Å². The Hall–Kier alpha value is -1.80. The van der Waals surface area contributed by atoms with Crippen molar-refractivity contribution in [2.24, 2.45) is 0 Å². The summed E-state index contributed by atoms with van der Waals surface area (Å²) in [6.07, 6.45) is 1.85. The molecule has 0 aliphatic rings. The van der Waals surface area contributed by atoms with Gasteiger partial charge in [0.1, 0.15) is 0 Å². The first kappa shape index (κ1) is 12.2. The van der Waals surface area contributed by atoms with Crippen molar-refractivity contribution >= 4 is 22.5 Å². The van der Waals surface area contributed by atoms with Gasteiger partial charge in [-0.2, -0.15) is 0 Å². The van der Waals surface area contributed by atoms with E-state index in [9.17, 15) is 0 Å². The van der Waals surface area contributed by atoms with Crippen LogP contribution in [0.1, 0.15) is 11.1 Å². The fraction of sp³-hybridized carbons (Fsp3) is 0.118. The molecule has 0 unspecified atom stereocenters. The van der Waals surface area contributed by atoms with Crippen LogP contribution in [0, 0.1) is 6.92 Å². The largest absolute Gasteiger partial charge is 0.250 e. The van der Waals surface area contributed by atoms with Gasteiger partial charge in [0.25, 0.3) is 0 Å². The number of rotatable bonds is 3. The van der Waals surface area contributed by atoms with Crippen LogP contribution in [0.15, 0.2) is 65.8 Å². The highest BCUT2D eigenvalue weighted by Crippen LogP contribution is 2.28. The van der Waals surface area contributed by atoms with Crippen molar-refractivity contribution in [2.75, 3.05) is 0 Å². The number of aromatic nitrogens is 1. The molecule has 2 heteroatoms. The summed E-state index contributed by atoms with van der Waals surface area (Å²) in [6.45, 7) is 2.18. The van der Waals surface area contributed by atoms with Crippen molar-refractivity contribution in [3.63, 3.8) is 0 Å². The van der Waals surface area contributed by atoms with Gasteiger partial charge in [-0.15, -0.1) is 11.8 Å². The fourth-order valence-electron chi connectivity index (χ4n) is 2.22. The first-order chi connectivity index (χ1) is 9.34. The summed E-state index contributed by atoms with van der Waals surface area (Å²) >= 11 is 1.79. The second-order valence-electron chi connectivity index (χ2n) is 4.54. The highest BCUT2D eigenvalue weighted by Gasteiger charge is 2.05. The molecule has 0 saturated heterocycles. The van der Waals surface area contributed by atoms with Crippen LogP contribution < -0.4 is 0 Å². The van der Waals surface area contributed by atoms with Gasteiger partial charge in [0.2, 0.25) is 0 Å². The molecular formula is C17H15NS. The smallest absolute Gasteiger partial charge is 0.0963 e. The third-order valence-electron chi connectivity index (χ3n) is 3.28. The number of hydrogen-bond donors (Lipinski definition) is 0. The van der Waals surface area contributed by atoms with E-state index in [-0.39, 0.29) is 0 Å². The molecule has 3 rings (SSSR count). The molecule has 0 amide bonds. The molecule has 0 aliphatic carbocycles. The minimum Gasteiger partial charge on any atom is -0.250 e. The maximum Gasteiger partial charge on any atom is 0.0963 e. The van der Waals surface area contributed by atoms with E-state index in [0.29, 0.717) is 0 Å². The number of nitrogens with zero attached hydrogens (tertiary/aromatic N) is 1. The Balaban J connectivity index is 1.94. The molecule has 0 bridgehead atoms. The maximum atomic E-state index is 4.37. The van der Waals surface area contributed by atoms with E-state index in [0.717, 1.165) is 10.8 Å². The number of aryl methyl sites for hydroxylation is 1. The minimum absolute atomic E-state index is 0.962. The van der Waals surface area contributed by atoms with E-state index in [1.54, 1.807) is 11.8 Å². The monoisotopic (exact) mass is 265 g/mol. The molecular weight excluding hydrogens is 250 g/mol. The second-order valence-corrected chi connectivity index (χ2v) is 5.53. The van der Waals surface area contributed by atoms with Crippen LogP contribution in [0.2, 0.25) is 0 Å². The van der Waals surface area contributed by atoms with Crippen LogP contribution in [0.3, 0.4) is 0 Å². The number of hydrogen-bond acceptors (Lipinski definition) is 2. The lowest BCUT2D eigenvalue weighted by molar-refractivity contribution is 1.13. The van der Waals surface area contributed by atoms with Crippen LogP contribution in [-0.2, 0) is 5.75 Å². The second kappa shape index (κ2) is 5.45. The van der Waals surface area contributed by atoms with Crippen LogP contribution >= 0.6 is 11.8 Å². The molecule has 0 fully saturated rings. The standard InChI is InChI=1S/C17H15NS/c1-13-9-10-14-6-2-3-7-15(14)16(13)12-19-17-8-4-5-11-18-17/h2-11H,12H2,1H3. The highest BCUT2D eigenvalue weighted by molar-refractivity contribution is 7.98. The van der Waals surface area contributed by atoms with Gasteiger partial charge >= 0.3 is 0 Å². The first-order valence-corrected chi connectivity index (χ1v) is 7.34. The molecule has 0 N–H and O–H groups in total. The van der Waals surface area contributed by atoms with Crippen LogP contribution in [0.5, 0.6) is 0 Å². The highest BCUT2D eigenvalue weighted by atomic mass is 32.2. The van der Waals surface area contributed by atoms with Crippen LogP contribution in [0.25, 0.3) is 10.8 Å². The summed E-state index contributed by atoms with van der Waals surface area (Å²) < 4.78 is 0. The Morgan fingerprint density at radius 1 is 0.947 bits per heavy atom. The van der Waals surface area contributed by atoms with Gasteiger partial charge in [0.15, 0.2) is 0 Å². The molecule has 0 saturated carbocycles. The third-order valence-corrected chi connectivity index (χ3v) is 4.25. The summed E-state index contributed by atoms with van der Waals surface area (Å²) in [5.74, 6) is 0.962. The lowest BCUT2D eigenvalue weighted by Crippen LogP contribution is -1.89. The zero-order chi connectivity index (χ0) is 13.1. The molecule has 3 aromatic rings. The summed E-state index contributed by atoms with van der Waals surface area (Å²) in [4.78, 5) is 4.37. The topological polar surface area (TPSA) is 12.9 Å². The normalized spacial score (nSPS) is 10.8. The van der Waals surface area contributed by atoms with Crippen molar-refractivity contribution < 1.29 is 0 Å². The van der Waals surface area contributed by atoms with Crippen LogP contribution in [0.4, 0.5) is 0 Å². The molecule has 19 heavy (non-hydrogen) atoms. The fourth-order valence-corrected chi connectivity index (χ4v) is 3.20. The van der Waals surface area contributed by atoms with Gasteiger partial charge in [0.05, 0.1) is 5.03 Å². The van der Waals surface area contributed by atoms with Gasteiger partial charge < -0.3 is 0 Å². The Morgan fingerprint density at radius 3 is 2.63 bits per heavy atom. The number of benzene rings is 2. The van der Waals surface area contributed by atoms with Crippen molar-refractivity contribution in [1.82, 2.24) is 4.98 Å². The molecule has 2 aromatic carbocycles. The number of pyridine rings is 1. The average molecular weight is 265 g/mol. The van der Waals surface area contributed by atoms with E-state index in [2.05, 4.69) is 54.4 Å². The Kier molecular flexibility index (Phi) is 3.51. The Morgan fingerprint density at radius 2 is 1.79 bits per heavy atom. The lowest BCUT2D eigenvalue weighted by Gasteiger charge is -2.09. The van der Waals surface area contributed by atoms with E-state index < -0.39 is 0 Å². The molecule has 94 valence electrons. The third kappa shape index (κ3) is 2.64. The van der Waals surface area contributed by atoms with Crippen molar-refractivity contribution in [2.45, 2.75) is 17.7 Å². The van der Waals surface area contributed by atoms with E-state index >= 15 is 0 Å². The number of fused-ring (bicyclic) bond motifs is 1. The van der Waals surface area contributed by atoms with E-state index in [1.165, 1.54) is 21.9 Å². The quantitative estimate of drug-likeness (QED) is 0.629. The Bertz CT molecular complexity index is 692. The van der Waals surface area contributed by atoms with Crippen LogP contribution in [-0.4, -0.2) is 4.98 Å². The molecule has 0 radical (unpaired) electrons. The summed E-state index contributed by atoms with van der Waals surface area (Å²) in [6, 6.07) is 19.0. The van der Waals surface area contributed by atoms with Crippen molar-refractivity contribution in [3.05, 3.63) is 71.9 Å². The summed E-state index contributed by atoms with van der Waals surface area (Å²) in [7, 11) is 0. The molecule has 1 aromatic heterocycles. The van der Waals surface area contributed by atoms with Gasteiger partial charge in [-0.05, 0) is 41.0 Å². The SMILES string of the molecule is Cc1ccc2ccccc2c1CSc1ccccn1. The molecule has 1 nitrogen and oxygen atoms in total. The zero-order valence-corrected chi connectivity index (χ0v) is 11.7. The van der Waals surface area contributed by atoms with Crippen molar-refractivity contribution in [3.8, 4) is 0 Å². The van der Waals surface area contributed by atoms with Crippen molar-refractivity contribution in [1.29, 1.82) is 0 Å². The molecule has 0 atom stereocenters. The maximum absolute atomic E-state index is 4.37. The predicted octanol–water partition coefficient (Wildman–Crippen LogP) is 4.84.